The van der Waals surface area contributed by atoms with E-state index >= 15 is 0 Å². The number of fused-ring (bicyclic) bond motifs is 1. The number of nitrogens with one attached hydrogen (secondary N) is 2. The molecule has 0 bridgehead atoms. The Labute approximate surface area is 176 Å². The number of anilines is 1. The molecule has 11 nitrogen and oxygen atoms in total. The molecule has 2 aromatic heterocycles. The van der Waals surface area contributed by atoms with Gasteiger partial charge in [0.05, 0.1) is 27.3 Å². The van der Waals surface area contributed by atoms with Crippen LogP contribution in [-0.2, 0) is 27.2 Å². The number of hydrogen-bond donors (Lipinski definition) is 3. The van der Waals surface area contributed by atoms with Crippen LogP contribution in [0.3, 0.4) is 0 Å². The Hall–Kier alpha value is -3.42. The summed E-state index contributed by atoms with van der Waals surface area (Å²) in [6.45, 7) is 1.61. The largest absolute Gasteiger partial charge is 0.328 e. The number of aromatic amines is 1. The molecule has 0 saturated heterocycles. The highest BCUT2D eigenvalue weighted by Gasteiger charge is 2.23. The number of sulfonamides is 1. The molecule has 0 radical (unpaired) electrons. The SMILES string of the molecule is Cc1c(NS(=O)(=O)c2ccc3nc(S(=O)(=O)O)[nH]c3c2)c(=O)n(-c2ccccc2)n1C. The molecule has 4 rings (SSSR count). The van der Waals surface area contributed by atoms with Crippen molar-refractivity contribution in [3.8, 4) is 5.69 Å². The maximum atomic E-state index is 13.0. The van der Waals surface area contributed by atoms with Gasteiger partial charge >= 0.3 is 10.1 Å². The maximum Gasteiger partial charge on any atom is 0.328 e. The fourth-order valence-electron chi connectivity index (χ4n) is 3.13. The third-order valence-electron chi connectivity index (χ3n) is 4.78. The zero-order chi connectivity index (χ0) is 22.6. The summed E-state index contributed by atoms with van der Waals surface area (Å²) in [5, 5.41) is -0.699. The normalized spacial score (nSPS) is 12.4. The van der Waals surface area contributed by atoms with Crippen LogP contribution in [-0.4, -0.2) is 40.7 Å². The Morgan fingerprint density at radius 3 is 2.39 bits per heavy atom. The van der Waals surface area contributed by atoms with Crippen molar-refractivity contribution >= 4 is 36.9 Å². The molecule has 0 fully saturated rings. The van der Waals surface area contributed by atoms with Gasteiger partial charge in [-0.05, 0) is 37.3 Å². The van der Waals surface area contributed by atoms with Crippen molar-refractivity contribution in [3.63, 3.8) is 0 Å². The molecule has 0 atom stereocenters. The number of rotatable bonds is 5. The van der Waals surface area contributed by atoms with Crippen LogP contribution in [0.5, 0.6) is 0 Å². The molecule has 3 N–H and O–H groups in total. The quantitative estimate of drug-likeness (QED) is 0.378. The molecule has 13 heteroatoms. The lowest BCUT2D eigenvalue weighted by molar-refractivity contribution is 0.476. The summed E-state index contributed by atoms with van der Waals surface area (Å²) in [4.78, 5) is 18.8. The zero-order valence-corrected chi connectivity index (χ0v) is 17.9. The first-order chi connectivity index (χ1) is 14.5. The Kier molecular flexibility index (Phi) is 4.76. The summed E-state index contributed by atoms with van der Waals surface area (Å²) < 4.78 is 62.7. The van der Waals surface area contributed by atoms with Gasteiger partial charge in [-0.15, -0.1) is 0 Å². The standard InChI is InChI=1S/C18H17N5O6S2/c1-11-16(17(24)23(22(11)2)12-6-4-3-5-7-12)21-30(25,26)13-8-9-14-15(10-13)20-18(19-14)31(27,28)29/h3-10,21H,1-2H3,(H,19,20)(H,27,28,29). The molecule has 0 unspecified atom stereocenters. The summed E-state index contributed by atoms with van der Waals surface area (Å²) in [5.74, 6) is 0. The molecule has 162 valence electrons. The van der Waals surface area contributed by atoms with Gasteiger partial charge in [0.25, 0.3) is 20.7 Å². The van der Waals surface area contributed by atoms with Crippen LogP contribution in [0.2, 0.25) is 0 Å². The number of para-hydroxylation sites is 1. The Bertz CT molecular complexity index is 1580. The number of aromatic nitrogens is 4. The fourth-order valence-corrected chi connectivity index (χ4v) is 4.73. The van der Waals surface area contributed by atoms with E-state index in [-0.39, 0.29) is 21.6 Å². The molecular formula is C18H17N5O6S2. The number of hydrogen-bond acceptors (Lipinski definition) is 6. The summed E-state index contributed by atoms with van der Waals surface area (Å²) >= 11 is 0. The second-order valence-corrected chi connectivity index (χ2v) is 9.76. The van der Waals surface area contributed by atoms with E-state index in [0.29, 0.717) is 11.4 Å². The number of nitrogens with zero attached hydrogens (tertiary/aromatic N) is 3. The van der Waals surface area contributed by atoms with Gasteiger partial charge in [0.15, 0.2) is 0 Å². The lowest BCUT2D eigenvalue weighted by Crippen LogP contribution is -2.23. The first-order valence-electron chi connectivity index (χ1n) is 8.83. The minimum atomic E-state index is -4.58. The highest BCUT2D eigenvalue weighted by atomic mass is 32.2. The van der Waals surface area contributed by atoms with E-state index in [1.165, 1.54) is 21.5 Å². The monoisotopic (exact) mass is 463 g/mol. The van der Waals surface area contributed by atoms with Crippen molar-refractivity contribution in [2.24, 2.45) is 7.05 Å². The molecule has 2 heterocycles. The van der Waals surface area contributed by atoms with E-state index in [2.05, 4.69) is 14.7 Å². The van der Waals surface area contributed by atoms with Gasteiger partial charge in [0.2, 0.25) is 0 Å². The van der Waals surface area contributed by atoms with Crippen molar-refractivity contribution in [2.45, 2.75) is 17.0 Å². The van der Waals surface area contributed by atoms with Crippen LogP contribution in [0.25, 0.3) is 16.7 Å². The molecule has 0 aliphatic rings. The third-order valence-corrected chi connectivity index (χ3v) is 6.81. The smallest absolute Gasteiger partial charge is 0.327 e. The van der Waals surface area contributed by atoms with E-state index in [1.807, 2.05) is 0 Å². The minimum absolute atomic E-state index is 0.0852. The summed E-state index contributed by atoms with van der Waals surface area (Å²) in [6.07, 6.45) is 0. The molecule has 2 aromatic carbocycles. The first kappa shape index (κ1) is 20.8. The average molecular weight is 463 g/mol. The Morgan fingerprint density at radius 1 is 1.06 bits per heavy atom. The van der Waals surface area contributed by atoms with Crippen LogP contribution in [0, 0.1) is 6.92 Å². The lowest BCUT2D eigenvalue weighted by Gasteiger charge is -2.07. The fraction of sp³-hybridized carbons (Fsp3) is 0.111. The minimum Gasteiger partial charge on any atom is -0.327 e. The van der Waals surface area contributed by atoms with Gasteiger partial charge < -0.3 is 4.98 Å². The second-order valence-electron chi connectivity index (χ2n) is 6.74. The number of imidazole rings is 1. The average Bonchev–Trinajstić information content (AvgIpc) is 3.23. The predicted octanol–water partition coefficient (Wildman–Crippen LogP) is 1.41. The number of benzene rings is 2. The molecule has 0 spiro atoms. The van der Waals surface area contributed by atoms with E-state index in [9.17, 15) is 21.6 Å². The molecule has 31 heavy (non-hydrogen) atoms. The Morgan fingerprint density at radius 2 is 1.74 bits per heavy atom. The highest BCUT2D eigenvalue weighted by Crippen LogP contribution is 2.22. The lowest BCUT2D eigenvalue weighted by atomic mass is 10.3. The van der Waals surface area contributed by atoms with Crippen LogP contribution < -0.4 is 10.3 Å². The van der Waals surface area contributed by atoms with Gasteiger partial charge in [0.1, 0.15) is 5.69 Å². The molecule has 4 aromatic rings. The molecule has 0 aliphatic heterocycles. The Balaban J connectivity index is 1.77. The van der Waals surface area contributed by atoms with E-state index in [4.69, 9.17) is 4.55 Å². The van der Waals surface area contributed by atoms with Crippen molar-refractivity contribution < 1.29 is 21.4 Å². The van der Waals surface area contributed by atoms with Crippen LogP contribution in [0.4, 0.5) is 5.69 Å². The van der Waals surface area contributed by atoms with Crippen molar-refractivity contribution in [2.75, 3.05) is 4.72 Å². The van der Waals surface area contributed by atoms with E-state index in [0.717, 1.165) is 6.07 Å². The van der Waals surface area contributed by atoms with Gasteiger partial charge in [-0.3, -0.25) is 18.8 Å². The van der Waals surface area contributed by atoms with Crippen molar-refractivity contribution in [1.29, 1.82) is 0 Å². The van der Waals surface area contributed by atoms with Crippen LogP contribution in [0.15, 0.2) is 63.4 Å². The van der Waals surface area contributed by atoms with Gasteiger partial charge in [-0.2, -0.15) is 8.42 Å². The van der Waals surface area contributed by atoms with Crippen molar-refractivity contribution in [1.82, 2.24) is 19.3 Å². The van der Waals surface area contributed by atoms with Crippen LogP contribution in [0.1, 0.15) is 5.69 Å². The van der Waals surface area contributed by atoms with Crippen LogP contribution >= 0.6 is 0 Å². The topological polar surface area (TPSA) is 156 Å². The molecule has 0 amide bonds. The van der Waals surface area contributed by atoms with Crippen molar-refractivity contribution in [3.05, 3.63) is 64.6 Å². The summed E-state index contributed by atoms with van der Waals surface area (Å²) in [5.41, 5.74) is 0.533. The predicted molar refractivity (Wildman–Crippen MR) is 112 cm³/mol. The second kappa shape index (κ2) is 7.08. The molecule has 0 saturated carbocycles. The highest BCUT2D eigenvalue weighted by molar-refractivity contribution is 7.92. The first-order valence-corrected chi connectivity index (χ1v) is 11.8. The zero-order valence-electron chi connectivity index (χ0n) is 16.3. The van der Waals surface area contributed by atoms with Gasteiger partial charge in [-0.1, -0.05) is 18.2 Å². The summed E-state index contributed by atoms with van der Waals surface area (Å²) in [6, 6.07) is 12.4. The summed E-state index contributed by atoms with van der Waals surface area (Å²) in [7, 11) is -7.14. The van der Waals surface area contributed by atoms with Gasteiger partial charge in [0, 0.05) is 7.05 Å². The van der Waals surface area contributed by atoms with E-state index in [1.54, 1.807) is 44.3 Å². The third kappa shape index (κ3) is 3.62. The van der Waals surface area contributed by atoms with Gasteiger partial charge in [-0.25, -0.2) is 18.1 Å². The van der Waals surface area contributed by atoms with E-state index < -0.39 is 30.9 Å². The molecule has 0 aliphatic carbocycles. The number of H-pyrrole nitrogens is 1. The molecular weight excluding hydrogens is 446 g/mol. The maximum absolute atomic E-state index is 13.0.